The number of benzene rings is 1. The van der Waals surface area contributed by atoms with Crippen molar-refractivity contribution in [1.29, 1.82) is 0 Å². The summed E-state index contributed by atoms with van der Waals surface area (Å²) in [5.74, 6) is -1.58. The number of fused-ring (bicyclic) bond motifs is 1. The molecule has 0 saturated carbocycles. The summed E-state index contributed by atoms with van der Waals surface area (Å²) < 4.78 is 0. The zero-order valence-electron chi connectivity index (χ0n) is 10.6. The average molecular weight is 262 g/mol. The van der Waals surface area contributed by atoms with Gasteiger partial charge in [0.25, 0.3) is 0 Å². The van der Waals surface area contributed by atoms with Crippen LogP contribution in [0.2, 0.25) is 0 Å². The van der Waals surface area contributed by atoms with Crippen LogP contribution in [0.4, 0.5) is 5.69 Å². The first-order valence-corrected chi connectivity index (χ1v) is 5.79. The van der Waals surface area contributed by atoms with E-state index < -0.39 is 17.9 Å². The van der Waals surface area contributed by atoms with Gasteiger partial charge >= 0.3 is 5.97 Å². The minimum absolute atomic E-state index is 0.0291. The molecule has 1 heterocycles. The smallest absolute Gasteiger partial charge is 0.330 e. The van der Waals surface area contributed by atoms with Gasteiger partial charge in [-0.25, -0.2) is 4.79 Å². The Kier molecular flexibility index (Phi) is 3.25. The third-order valence-electron chi connectivity index (χ3n) is 3.11. The molecule has 100 valence electrons. The molecule has 1 aromatic carbocycles. The maximum absolute atomic E-state index is 11.6. The molecule has 0 saturated heterocycles. The van der Waals surface area contributed by atoms with Gasteiger partial charge in [0, 0.05) is 19.7 Å². The van der Waals surface area contributed by atoms with Gasteiger partial charge in [-0.15, -0.1) is 0 Å². The van der Waals surface area contributed by atoms with Gasteiger partial charge in [0.05, 0.1) is 6.42 Å². The maximum atomic E-state index is 11.6. The number of hydrogen-bond donors (Lipinski definition) is 2. The van der Waals surface area contributed by atoms with E-state index in [1.807, 2.05) is 0 Å². The lowest BCUT2D eigenvalue weighted by molar-refractivity contribution is -0.141. The standard InChI is InChI=1S/C13H14N2O4/c1-7(16)14-12(13(18)19)8-3-4-10-9(5-8)6-11(17)15(10)2/h3-5,12H,6H2,1-2H3,(H,14,16)(H,18,19). The van der Waals surface area contributed by atoms with Gasteiger partial charge in [-0.3, -0.25) is 9.59 Å². The van der Waals surface area contributed by atoms with Gasteiger partial charge in [0.1, 0.15) is 0 Å². The first-order valence-electron chi connectivity index (χ1n) is 5.79. The Morgan fingerprint density at radius 1 is 1.42 bits per heavy atom. The predicted octanol–water partition coefficient (Wildman–Crippen LogP) is 0.467. The van der Waals surface area contributed by atoms with Crippen molar-refractivity contribution in [2.24, 2.45) is 0 Å². The molecular formula is C13H14N2O4. The van der Waals surface area contributed by atoms with E-state index in [2.05, 4.69) is 5.32 Å². The number of carbonyl (C=O) groups excluding carboxylic acids is 2. The summed E-state index contributed by atoms with van der Waals surface area (Å²) >= 11 is 0. The van der Waals surface area contributed by atoms with E-state index in [9.17, 15) is 14.4 Å². The monoisotopic (exact) mass is 262 g/mol. The van der Waals surface area contributed by atoms with Crippen LogP contribution in [0.25, 0.3) is 0 Å². The highest BCUT2D eigenvalue weighted by molar-refractivity contribution is 6.01. The minimum atomic E-state index is -1.13. The van der Waals surface area contributed by atoms with Gasteiger partial charge in [0.2, 0.25) is 11.8 Å². The lowest BCUT2D eigenvalue weighted by Gasteiger charge is -2.15. The molecular weight excluding hydrogens is 248 g/mol. The number of hydrogen-bond acceptors (Lipinski definition) is 3. The van der Waals surface area contributed by atoms with Crippen LogP contribution in [0, 0.1) is 0 Å². The van der Waals surface area contributed by atoms with Crippen LogP contribution in [-0.2, 0) is 20.8 Å². The lowest BCUT2D eigenvalue weighted by atomic mass is 10.0. The van der Waals surface area contributed by atoms with Gasteiger partial charge in [-0.2, -0.15) is 0 Å². The molecule has 6 nitrogen and oxygen atoms in total. The van der Waals surface area contributed by atoms with Crippen molar-refractivity contribution in [3.63, 3.8) is 0 Å². The Morgan fingerprint density at radius 3 is 2.68 bits per heavy atom. The maximum Gasteiger partial charge on any atom is 0.330 e. The quantitative estimate of drug-likeness (QED) is 0.828. The number of amides is 2. The molecule has 1 unspecified atom stereocenters. The van der Waals surface area contributed by atoms with Crippen LogP contribution >= 0.6 is 0 Å². The zero-order chi connectivity index (χ0) is 14.2. The van der Waals surface area contributed by atoms with E-state index in [0.717, 1.165) is 11.3 Å². The Bertz CT molecular complexity index is 568. The fourth-order valence-electron chi connectivity index (χ4n) is 2.16. The number of likely N-dealkylation sites (N-methyl/N-ethyl adjacent to an activating group) is 1. The molecule has 6 heteroatoms. The molecule has 0 spiro atoms. The van der Waals surface area contributed by atoms with Gasteiger partial charge in [0.15, 0.2) is 6.04 Å². The van der Waals surface area contributed by atoms with Crippen LogP contribution < -0.4 is 10.2 Å². The van der Waals surface area contributed by atoms with E-state index in [-0.39, 0.29) is 12.3 Å². The van der Waals surface area contributed by atoms with E-state index >= 15 is 0 Å². The van der Waals surface area contributed by atoms with Crippen molar-refractivity contribution in [1.82, 2.24) is 5.32 Å². The summed E-state index contributed by atoms with van der Waals surface area (Å²) in [6.45, 7) is 1.26. The fourth-order valence-corrected chi connectivity index (χ4v) is 2.16. The molecule has 1 aromatic rings. The van der Waals surface area contributed by atoms with Crippen LogP contribution in [0.3, 0.4) is 0 Å². The van der Waals surface area contributed by atoms with Crippen molar-refractivity contribution < 1.29 is 19.5 Å². The van der Waals surface area contributed by atoms with Gasteiger partial charge < -0.3 is 15.3 Å². The number of carbonyl (C=O) groups is 3. The second-order valence-electron chi connectivity index (χ2n) is 4.49. The predicted molar refractivity (Wildman–Crippen MR) is 67.7 cm³/mol. The van der Waals surface area contributed by atoms with Crippen molar-refractivity contribution in [3.8, 4) is 0 Å². The third kappa shape index (κ3) is 2.42. The molecule has 0 bridgehead atoms. The second-order valence-corrected chi connectivity index (χ2v) is 4.49. The molecule has 1 atom stereocenters. The molecule has 1 aliphatic heterocycles. The summed E-state index contributed by atoms with van der Waals surface area (Å²) in [7, 11) is 1.68. The number of carboxylic acids is 1. The third-order valence-corrected chi connectivity index (χ3v) is 3.11. The van der Waals surface area contributed by atoms with Crippen molar-refractivity contribution in [3.05, 3.63) is 29.3 Å². The summed E-state index contributed by atoms with van der Waals surface area (Å²) in [6.07, 6.45) is 0.256. The first-order chi connectivity index (χ1) is 8.90. The number of carboxylic acid groups (broad SMARTS) is 1. The molecule has 0 aliphatic carbocycles. The highest BCUT2D eigenvalue weighted by Gasteiger charge is 2.27. The Hall–Kier alpha value is -2.37. The molecule has 19 heavy (non-hydrogen) atoms. The minimum Gasteiger partial charge on any atom is -0.479 e. The molecule has 2 N–H and O–H groups in total. The Morgan fingerprint density at radius 2 is 2.11 bits per heavy atom. The summed E-state index contributed by atoms with van der Waals surface area (Å²) in [5.41, 5.74) is 2.02. The highest BCUT2D eigenvalue weighted by atomic mass is 16.4. The highest BCUT2D eigenvalue weighted by Crippen LogP contribution is 2.30. The SMILES string of the molecule is CC(=O)NC(C(=O)O)c1ccc2c(c1)CC(=O)N2C. The molecule has 2 amide bonds. The second kappa shape index (κ2) is 4.72. The van der Waals surface area contributed by atoms with E-state index in [4.69, 9.17) is 5.11 Å². The van der Waals surface area contributed by atoms with E-state index in [1.54, 1.807) is 25.2 Å². The Balaban J connectivity index is 2.36. The van der Waals surface area contributed by atoms with Crippen molar-refractivity contribution in [2.75, 3.05) is 11.9 Å². The average Bonchev–Trinajstić information content (AvgIpc) is 2.61. The zero-order valence-corrected chi connectivity index (χ0v) is 10.6. The molecule has 0 fully saturated rings. The number of nitrogens with one attached hydrogen (secondary N) is 1. The van der Waals surface area contributed by atoms with E-state index in [1.165, 1.54) is 11.8 Å². The molecule has 0 radical (unpaired) electrons. The van der Waals surface area contributed by atoms with Crippen LogP contribution in [-0.4, -0.2) is 29.9 Å². The van der Waals surface area contributed by atoms with Crippen LogP contribution in [0.15, 0.2) is 18.2 Å². The first kappa shape index (κ1) is 13.1. The van der Waals surface area contributed by atoms with Gasteiger partial charge in [-0.05, 0) is 17.2 Å². The normalized spacial score (nSPS) is 15.1. The number of rotatable bonds is 3. The van der Waals surface area contributed by atoms with Crippen molar-refractivity contribution >= 4 is 23.5 Å². The number of nitrogens with zero attached hydrogens (tertiary/aromatic N) is 1. The summed E-state index contributed by atoms with van der Waals surface area (Å²) in [4.78, 5) is 35.3. The fraction of sp³-hybridized carbons (Fsp3) is 0.308. The molecule has 1 aliphatic rings. The summed E-state index contributed by atoms with van der Waals surface area (Å²) in [5, 5.41) is 11.5. The summed E-state index contributed by atoms with van der Waals surface area (Å²) in [6, 6.07) is 3.88. The Labute approximate surface area is 110 Å². The molecule has 2 rings (SSSR count). The largest absolute Gasteiger partial charge is 0.479 e. The topological polar surface area (TPSA) is 86.7 Å². The van der Waals surface area contributed by atoms with E-state index in [0.29, 0.717) is 5.56 Å². The van der Waals surface area contributed by atoms with Crippen LogP contribution in [0.1, 0.15) is 24.1 Å². The molecule has 0 aromatic heterocycles. The number of aliphatic carboxylic acids is 1. The van der Waals surface area contributed by atoms with Crippen LogP contribution in [0.5, 0.6) is 0 Å². The van der Waals surface area contributed by atoms with Gasteiger partial charge in [-0.1, -0.05) is 12.1 Å². The van der Waals surface area contributed by atoms with Crippen molar-refractivity contribution in [2.45, 2.75) is 19.4 Å². The number of anilines is 1. The lowest BCUT2D eigenvalue weighted by Crippen LogP contribution is -2.32.